The van der Waals surface area contributed by atoms with E-state index in [0.29, 0.717) is 11.5 Å². The highest BCUT2D eigenvalue weighted by molar-refractivity contribution is 5.94. The van der Waals surface area contributed by atoms with Crippen molar-refractivity contribution < 1.29 is 19.7 Å². The number of hydrogen-bond acceptors (Lipinski definition) is 4. The van der Waals surface area contributed by atoms with Gasteiger partial charge in [-0.1, -0.05) is 121 Å². The molecule has 0 radical (unpaired) electrons. The third-order valence-electron chi connectivity index (χ3n) is 10.3. The molecule has 0 aliphatic heterocycles. The maximum Gasteiger partial charge on any atom is 0.186 e. The van der Waals surface area contributed by atoms with E-state index in [1.807, 2.05) is 24.3 Å². The summed E-state index contributed by atoms with van der Waals surface area (Å²) in [6.45, 7) is -0.743. The Morgan fingerprint density at radius 2 is 0.784 bits per heavy atom. The highest BCUT2D eigenvalue weighted by atomic mass is 16.6. The monoisotopic (exact) mass is 662 g/mol. The second-order valence-corrected chi connectivity index (χ2v) is 13.0. The summed E-state index contributed by atoms with van der Waals surface area (Å²) in [5.41, 5.74) is 11.2. The average Bonchev–Trinajstić information content (AvgIpc) is 3.48. The maximum atomic E-state index is 9.41. The van der Waals surface area contributed by atoms with Crippen molar-refractivity contribution in [2.45, 2.75) is 5.41 Å². The molecule has 0 unspecified atom stereocenters. The Balaban J connectivity index is 1.38. The van der Waals surface area contributed by atoms with Gasteiger partial charge in [-0.15, -0.1) is 0 Å². The molecule has 0 saturated heterocycles. The zero-order valence-corrected chi connectivity index (χ0v) is 27.8. The minimum atomic E-state index is -0.677. The van der Waals surface area contributed by atoms with Gasteiger partial charge in [-0.3, -0.25) is 0 Å². The maximum absolute atomic E-state index is 9.41. The molecule has 51 heavy (non-hydrogen) atoms. The summed E-state index contributed by atoms with van der Waals surface area (Å²) in [5.74, 6) is 1.26. The Hall–Kier alpha value is -6.20. The van der Waals surface area contributed by atoms with Crippen molar-refractivity contribution in [3.05, 3.63) is 192 Å². The summed E-state index contributed by atoms with van der Waals surface area (Å²) in [4.78, 5) is 0. The lowest BCUT2D eigenvalue weighted by Gasteiger charge is -2.35. The number of hydrogen-bond donors (Lipinski definition) is 2. The van der Waals surface area contributed by atoms with Gasteiger partial charge in [-0.05, 0) is 126 Å². The van der Waals surface area contributed by atoms with Crippen LogP contribution in [0, 0.1) is 0 Å². The topological polar surface area (TPSA) is 58.9 Å². The molecule has 0 amide bonds. The molecular formula is C47H34O4. The summed E-state index contributed by atoms with van der Waals surface area (Å²) in [7, 11) is 0. The fourth-order valence-electron chi connectivity index (χ4n) is 7.98. The first-order valence-electron chi connectivity index (χ1n) is 17.1. The van der Waals surface area contributed by atoms with E-state index in [2.05, 4.69) is 146 Å². The van der Waals surface area contributed by atoms with Crippen molar-refractivity contribution in [2.24, 2.45) is 0 Å². The zero-order chi connectivity index (χ0) is 34.4. The van der Waals surface area contributed by atoms with Crippen LogP contribution in [0.5, 0.6) is 11.5 Å². The van der Waals surface area contributed by atoms with Crippen LogP contribution in [0.2, 0.25) is 0 Å². The quantitative estimate of drug-likeness (QED) is 0.159. The molecule has 0 atom stereocenters. The minimum Gasteiger partial charge on any atom is -0.468 e. The molecule has 246 valence electrons. The first-order valence-corrected chi connectivity index (χ1v) is 17.1. The van der Waals surface area contributed by atoms with Crippen molar-refractivity contribution >= 4 is 21.5 Å². The molecule has 4 nitrogen and oxygen atoms in total. The number of rotatable bonds is 8. The second kappa shape index (κ2) is 12.6. The van der Waals surface area contributed by atoms with E-state index in [9.17, 15) is 10.2 Å². The lowest BCUT2D eigenvalue weighted by molar-refractivity contribution is 0.0982. The summed E-state index contributed by atoms with van der Waals surface area (Å²) in [6.07, 6.45) is 0. The standard InChI is InChI=1S/C47H34O4/c48-29-50-41-19-13-33-23-39(17-11-35(33)25-41)47(40-18-12-36-26-42(51-30-49)20-14-34(36)24-40)45-27-37(31-7-3-1-4-8-31)15-21-43(45)44-22-16-38(28-46(44)47)32-9-5-2-6-10-32/h1-28,48-49H,29-30H2. The van der Waals surface area contributed by atoms with E-state index in [1.54, 1.807) is 0 Å². The van der Waals surface area contributed by atoms with Gasteiger partial charge in [0, 0.05) is 0 Å². The van der Waals surface area contributed by atoms with Gasteiger partial charge in [0.2, 0.25) is 0 Å². The van der Waals surface area contributed by atoms with Gasteiger partial charge < -0.3 is 19.7 Å². The third kappa shape index (κ3) is 5.16. The number of aliphatic hydroxyl groups is 2. The minimum absolute atomic E-state index is 0.372. The second-order valence-electron chi connectivity index (χ2n) is 13.0. The van der Waals surface area contributed by atoms with Crippen molar-refractivity contribution in [1.82, 2.24) is 0 Å². The van der Waals surface area contributed by atoms with Crippen LogP contribution in [0.4, 0.5) is 0 Å². The molecule has 8 aromatic carbocycles. The highest BCUT2D eigenvalue weighted by Crippen LogP contribution is 2.58. The van der Waals surface area contributed by atoms with Gasteiger partial charge >= 0.3 is 0 Å². The largest absolute Gasteiger partial charge is 0.468 e. The van der Waals surface area contributed by atoms with Crippen LogP contribution in [0.15, 0.2) is 170 Å². The van der Waals surface area contributed by atoms with Gasteiger partial charge in [0.25, 0.3) is 0 Å². The number of fused-ring (bicyclic) bond motifs is 5. The van der Waals surface area contributed by atoms with Crippen molar-refractivity contribution in [3.8, 4) is 44.9 Å². The highest BCUT2D eigenvalue weighted by Gasteiger charge is 2.46. The van der Waals surface area contributed by atoms with Crippen LogP contribution in [-0.2, 0) is 5.41 Å². The average molecular weight is 663 g/mol. The fourth-order valence-corrected chi connectivity index (χ4v) is 7.98. The summed E-state index contributed by atoms with van der Waals surface area (Å²) in [6, 6.07) is 60.3. The molecule has 0 fully saturated rings. The molecular weight excluding hydrogens is 629 g/mol. The van der Waals surface area contributed by atoms with Crippen LogP contribution in [0.25, 0.3) is 54.9 Å². The Bertz CT molecular complexity index is 2380. The molecule has 0 saturated carbocycles. The Kier molecular flexibility index (Phi) is 7.62. The normalized spacial score (nSPS) is 12.8. The first-order chi connectivity index (χ1) is 25.1. The molecule has 1 aliphatic rings. The first kappa shape index (κ1) is 30.8. The van der Waals surface area contributed by atoms with E-state index in [-0.39, 0.29) is 13.6 Å². The number of aliphatic hydroxyl groups excluding tert-OH is 2. The molecule has 1 aliphatic carbocycles. The van der Waals surface area contributed by atoms with E-state index < -0.39 is 5.41 Å². The van der Waals surface area contributed by atoms with Crippen molar-refractivity contribution in [1.29, 1.82) is 0 Å². The molecule has 0 spiro atoms. The van der Waals surface area contributed by atoms with Gasteiger partial charge in [0.15, 0.2) is 13.6 Å². The SMILES string of the molecule is OCOc1ccc2cc(C3(c4ccc5cc(OCO)ccc5c4)c4cc(-c5ccccc5)ccc4-c4ccc(-c5ccccc5)cc43)ccc2c1. The van der Waals surface area contributed by atoms with Crippen molar-refractivity contribution in [3.63, 3.8) is 0 Å². The van der Waals surface area contributed by atoms with Crippen LogP contribution in [0.3, 0.4) is 0 Å². The van der Waals surface area contributed by atoms with E-state index in [4.69, 9.17) is 9.47 Å². The van der Waals surface area contributed by atoms with Gasteiger partial charge in [0.1, 0.15) is 11.5 Å². The lowest BCUT2D eigenvalue weighted by Crippen LogP contribution is -2.28. The van der Waals surface area contributed by atoms with Crippen LogP contribution in [-0.4, -0.2) is 23.8 Å². The predicted molar refractivity (Wildman–Crippen MR) is 205 cm³/mol. The zero-order valence-electron chi connectivity index (χ0n) is 27.8. The molecule has 9 rings (SSSR count). The van der Waals surface area contributed by atoms with E-state index in [1.165, 1.54) is 33.4 Å². The van der Waals surface area contributed by atoms with E-state index in [0.717, 1.165) is 43.8 Å². The Morgan fingerprint density at radius 1 is 0.373 bits per heavy atom. The van der Waals surface area contributed by atoms with Crippen LogP contribution < -0.4 is 9.47 Å². The van der Waals surface area contributed by atoms with Crippen molar-refractivity contribution in [2.75, 3.05) is 13.6 Å². The van der Waals surface area contributed by atoms with Gasteiger partial charge in [-0.2, -0.15) is 0 Å². The van der Waals surface area contributed by atoms with Crippen LogP contribution in [0.1, 0.15) is 22.3 Å². The third-order valence-corrected chi connectivity index (χ3v) is 10.3. The van der Waals surface area contributed by atoms with Gasteiger partial charge in [-0.25, -0.2) is 0 Å². The Labute approximate surface area is 296 Å². The lowest BCUT2D eigenvalue weighted by atomic mass is 9.66. The molecule has 4 heteroatoms. The summed E-state index contributed by atoms with van der Waals surface area (Å²) >= 11 is 0. The summed E-state index contributed by atoms with van der Waals surface area (Å²) in [5, 5.41) is 23.0. The molecule has 0 aromatic heterocycles. The molecule has 2 N–H and O–H groups in total. The predicted octanol–water partition coefficient (Wildman–Crippen LogP) is 10.3. The smallest absolute Gasteiger partial charge is 0.186 e. The molecule has 8 aromatic rings. The molecule has 0 bridgehead atoms. The van der Waals surface area contributed by atoms with Gasteiger partial charge in [0.05, 0.1) is 5.41 Å². The summed E-state index contributed by atoms with van der Waals surface area (Å²) < 4.78 is 10.9. The Morgan fingerprint density at radius 3 is 1.22 bits per heavy atom. The van der Waals surface area contributed by atoms with E-state index >= 15 is 0 Å². The van der Waals surface area contributed by atoms with Crippen LogP contribution >= 0.6 is 0 Å². The number of ether oxygens (including phenoxy) is 2. The number of benzene rings is 8. The fraction of sp³-hybridized carbons (Fsp3) is 0.0638. The molecule has 0 heterocycles.